The fourth-order valence-electron chi connectivity index (χ4n) is 2.36. The van der Waals surface area contributed by atoms with E-state index in [2.05, 4.69) is 35.0 Å². The highest BCUT2D eigenvalue weighted by atomic mass is 16.5. The monoisotopic (exact) mass is 228 g/mol. The van der Waals surface area contributed by atoms with Gasteiger partial charge in [0.15, 0.2) is 0 Å². The summed E-state index contributed by atoms with van der Waals surface area (Å²) >= 11 is 0. The minimum absolute atomic E-state index is 0.824. The number of nitrogens with zero attached hydrogens (tertiary/aromatic N) is 2. The van der Waals surface area contributed by atoms with Crippen molar-refractivity contribution in [2.45, 2.75) is 6.92 Å². The van der Waals surface area contributed by atoms with Crippen molar-refractivity contribution in [2.75, 3.05) is 31.2 Å². The number of ether oxygens (including phenoxy) is 1. The van der Waals surface area contributed by atoms with Gasteiger partial charge in [-0.15, -0.1) is 0 Å². The van der Waals surface area contributed by atoms with E-state index in [4.69, 9.17) is 4.74 Å². The zero-order valence-corrected chi connectivity index (χ0v) is 10.0. The van der Waals surface area contributed by atoms with E-state index in [1.54, 1.807) is 0 Å². The first-order chi connectivity index (χ1) is 8.34. The van der Waals surface area contributed by atoms with Crippen molar-refractivity contribution in [1.82, 2.24) is 4.98 Å². The van der Waals surface area contributed by atoms with Crippen LogP contribution < -0.4 is 4.90 Å². The summed E-state index contributed by atoms with van der Waals surface area (Å²) in [6.07, 6.45) is 1.84. The fraction of sp³-hybridized carbons (Fsp3) is 0.357. The van der Waals surface area contributed by atoms with Crippen molar-refractivity contribution in [1.29, 1.82) is 0 Å². The van der Waals surface area contributed by atoms with E-state index in [1.807, 2.05) is 12.3 Å². The van der Waals surface area contributed by atoms with E-state index in [-0.39, 0.29) is 0 Å². The first kappa shape index (κ1) is 10.5. The Morgan fingerprint density at radius 2 is 2.06 bits per heavy atom. The van der Waals surface area contributed by atoms with E-state index < -0.39 is 0 Å². The van der Waals surface area contributed by atoms with Gasteiger partial charge in [-0.3, -0.25) is 4.98 Å². The molecule has 1 saturated heterocycles. The summed E-state index contributed by atoms with van der Waals surface area (Å²) in [5.41, 5.74) is 3.67. The highest BCUT2D eigenvalue weighted by Gasteiger charge is 2.13. The molecule has 0 radical (unpaired) electrons. The van der Waals surface area contributed by atoms with Crippen molar-refractivity contribution >= 4 is 16.6 Å². The lowest BCUT2D eigenvalue weighted by Crippen LogP contribution is -2.36. The first-order valence-corrected chi connectivity index (χ1v) is 6.03. The molecule has 88 valence electrons. The molecule has 0 aliphatic carbocycles. The van der Waals surface area contributed by atoms with Crippen LogP contribution in [0.5, 0.6) is 0 Å². The summed E-state index contributed by atoms with van der Waals surface area (Å²) in [6, 6.07) is 8.51. The van der Waals surface area contributed by atoms with Crippen molar-refractivity contribution in [3.05, 3.63) is 36.0 Å². The average Bonchev–Trinajstić information content (AvgIpc) is 2.39. The second-order valence-corrected chi connectivity index (χ2v) is 4.43. The van der Waals surface area contributed by atoms with E-state index in [1.165, 1.54) is 16.6 Å². The molecule has 17 heavy (non-hydrogen) atoms. The summed E-state index contributed by atoms with van der Waals surface area (Å²) in [5.74, 6) is 0. The number of aryl methyl sites for hydroxylation is 1. The molecule has 2 aromatic rings. The first-order valence-electron chi connectivity index (χ1n) is 6.03. The molecule has 3 rings (SSSR count). The van der Waals surface area contributed by atoms with Crippen LogP contribution in [0, 0.1) is 6.92 Å². The molecule has 0 unspecified atom stereocenters. The van der Waals surface area contributed by atoms with E-state index >= 15 is 0 Å². The van der Waals surface area contributed by atoms with Crippen molar-refractivity contribution < 1.29 is 4.74 Å². The van der Waals surface area contributed by atoms with Gasteiger partial charge in [-0.05, 0) is 30.7 Å². The molecule has 0 bridgehead atoms. The van der Waals surface area contributed by atoms with Gasteiger partial charge in [0.25, 0.3) is 0 Å². The van der Waals surface area contributed by atoms with Crippen LogP contribution in [0.3, 0.4) is 0 Å². The minimum Gasteiger partial charge on any atom is -0.378 e. The van der Waals surface area contributed by atoms with E-state index in [0.29, 0.717) is 0 Å². The molecule has 0 N–H and O–H groups in total. The predicted octanol–water partition coefficient (Wildman–Crippen LogP) is 2.38. The summed E-state index contributed by atoms with van der Waals surface area (Å²) in [7, 11) is 0. The van der Waals surface area contributed by atoms with Gasteiger partial charge in [-0.2, -0.15) is 0 Å². The zero-order valence-electron chi connectivity index (χ0n) is 10.0. The van der Waals surface area contributed by atoms with Crippen LogP contribution in [0.4, 0.5) is 5.69 Å². The molecule has 3 heteroatoms. The van der Waals surface area contributed by atoms with Gasteiger partial charge in [0.1, 0.15) is 0 Å². The molecule has 1 aromatic heterocycles. The zero-order chi connectivity index (χ0) is 11.7. The summed E-state index contributed by atoms with van der Waals surface area (Å²) in [6.45, 7) is 5.76. The van der Waals surface area contributed by atoms with Crippen LogP contribution in [0.25, 0.3) is 10.9 Å². The number of hydrogen-bond donors (Lipinski definition) is 0. The van der Waals surface area contributed by atoms with Crippen molar-refractivity contribution in [3.63, 3.8) is 0 Å². The van der Waals surface area contributed by atoms with E-state index in [0.717, 1.165) is 31.8 Å². The highest BCUT2D eigenvalue weighted by molar-refractivity contribution is 5.84. The number of morpholine rings is 1. The van der Waals surface area contributed by atoms with Crippen LogP contribution in [-0.2, 0) is 4.74 Å². The number of hydrogen-bond acceptors (Lipinski definition) is 3. The fourth-order valence-corrected chi connectivity index (χ4v) is 2.36. The van der Waals surface area contributed by atoms with Gasteiger partial charge in [0.05, 0.1) is 18.7 Å². The topological polar surface area (TPSA) is 25.4 Å². The molecule has 1 aliphatic heterocycles. The van der Waals surface area contributed by atoms with Crippen LogP contribution in [0.15, 0.2) is 30.5 Å². The Kier molecular flexibility index (Phi) is 2.69. The lowest BCUT2D eigenvalue weighted by atomic mass is 10.1. The normalized spacial score (nSPS) is 16.4. The Labute approximate surface area is 101 Å². The molecule has 1 fully saturated rings. The van der Waals surface area contributed by atoms with Gasteiger partial charge in [-0.1, -0.05) is 6.07 Å². The number of rotatable bonds is 1. The second-order valence-electron chi connectivity index (χ2n) is 4.43. The minimum atomic E-state index is 0.824. The van der Waals surface area contributed by atoms with Crippen LogP contribution in [-0.4, -0.2) is 31.3 Å². The number of pyridine rings is 1. The molecule has 1 aromatic carbocycles. The Balaban J connectivity index is 2.06. The van der Waals surface area contributed by atoms with Gasteiger partial charge >= 0.3 is 0 Å². The largest absolute Gasteiger partial charge is 0.378 e. The molecular weight excluding hydrogens is 212 g/mol. The van der Waals surface area contributed by atoms with Crippen molar-refractivity contribution in [2.24, 2.45) is 0 Å². The smallest absolute Gasteiger partial charge is 0.0706 e. The van der Waals surface area contributed by atoms with Gasteiger partial charge in [0.2, 0.25) is 0 Å². The Morgan fingerprint density at radius 1 is 1.24 bits per heavy atom. The third-order valence-corrected chi connectivity index (χ3v) is 3.27. The van der Waals surface area contributed by atoms with E-state index in [9.17, 15) is 0 Å². The molecule has 0 saturated carbocycles. The number of benzene rings is 1. The van der Waals surface area contributed by atoms with Crippen LogP contribution >= 0.6 is 0 Å². The Bertz CT molecular complexity index is 533. The molecule has 1 aliphatic rings. The molecular formula is C14H16N2O. The summed E-state index contributed by atoms with van der Waals surface area (Å²) in [4.78, 5) is 6.78. The SMILES string of the molecule is Cc1cc2ncccc2cc1N1CCOCC1. The molecule has 0 atom stereocenters. The maximum absolute atomic E-state index is 5.39. The van der Waals surface area contributed by atoms with Crippen LogP contribution in [0.1, 0.15) is 5.56 Å². The molecule has 3 nitrogen and oxygen atoms in total. The molecule has 2 heterocycles. The third-order valence-electron chi connectivity index (χ3n) is 3.27. The summed E-state index contributed by atoms with van der Waals surface area (Å²) < 4.78 is 5.39. The second kappa shape index (κ2) is 4.34. The third kappa shape index (κ3) is 1.98. The quantitative estimate of drug-likeness (QED) is 0.749. The lowest BCUT2D eigenvalue weighted by molar-refractivity contribution is 0.122. The number of anilines is 1. The number of fused-ring (bicyclic) bond motifs is 1. The molecule has 0 amide bonds. The average molecular weight is 228 g/mol. The maximum Gasteiger partial charge on any atom is 0.0706 e. The Hall–Kier alpha value is -1.61. The van der Waals surface area contributed by atoms with Gasteiger partial charge < -0.3 is 9.64 Å². The molecule has 0 spiro atoms. The van der Waals surface area contributed by atoms with Gasteiger partial charge in [0, 0.05) is 30.4 Å². The highest BCUT2D eigenvalue weighted by Crippen LogP contribution is 2.26. The van der Waals surface area contributed by atoms with Gasteiger partial charge in [-0.25, -0.2) is 0 Å². The van der Waals surface area contributed by atoms with Crippen LogP contribution in [0.2, 0.25) is 0 Å². The number of aromatic nitrogens is 1. The lowest BCUT2D eigenvalue weighted by Gasteiger charge is -2.30. The summed E-state index contributed by atoms with van der Waals surface area (Å²) in [5, 5.41) is 1.21. The van der Waals surface area contributed by atoms with Crippen molar-refractivity contribution in [3.8, 4) is 0 Å². The standard InChI is InChI=1S/C14H16N2O/c1-11-9-13-12(3-2-4-15-13)10-14(11)16-5-7-17-8-6-16/h2-4,9-10H,5-8H2,1H3. The maximum atomic E-state index is 5.39. The Morgan fingerprint density at radius 3 is 2.88 bits per heavy atom. The predicted molar refractivity (Wildman–Crippen MR) is 69.5 cm³/mol.